The van der Waals surface area contributed by atoms with Crippen molar-refractivity contribution in [2.45, 2.75) is 26.2 Å². The second-order valence-corrected chi connectivity index (χ2v) is 5.12. The maximum Gasteiger partial charge on any atom is 0.229 e. The Morgan fingerprint density at radius 2 is 1.47 bits per heavy atom. The Hall–Kier alpha value is -1.84. The third-order valence-electron chi connectivity index (χ3n) is 3.88. The molecule has 0 unspecified atom stereocenters. The Morgan fingerprint density at radius 3 is 1.84 bits per heavy atom. The van der Waals surface area contributed by atoms with Crippen molar-refractivity contribution in [1.29, 1.82) is 0 Å². The first-order valence-electron chi connectivity index (χ1n) is 6.62. The summed E-state index contributed by atoms with van der Waals surface area (Å²) in [5.74, 6) is 0.384. The zero-order chi connectivity index (χ0) is 14.0. The lowest BCUT2D eigenvalue weighted by Gasteiger charge is -2.29. The van der Waals surface area contributed by atoms with Crippen molar-refractivity contribution in [2.24, 2.45) is 5.92 Å². The van der Waals surface area contributed by atoms with E-state index < -0.39 is 0 Å². The number of nitrogens with zero attached hydrogens (tertiary/aromatic N) is 2. The molecule has 0 saturated heterocycles. The predicted molar refractivity (Wildman–Crippen MR) is 76.3 cm³/mol. The molecule has 0 aromatic heterocycles. The molecule has 102 valence electrons. The van der Waals surface area contributed by atoms with E-state index in [2.05, 4.69) is 0 Å². The summed E-state index contributed by atoms with van der Waals surface area (Å²) >= 11 is 0. The summed E-state index contributed by atoms with van der Waals surface area (Å²) in [6.07, 6.45) is 3.18. The second kappa shape index (κ2) is 5.43. The quantitative estimate of drug-likeness (QED) is 0.837. The zero-order valence-electron chi connectivity index (χ0n) is 11.7. The van der Waals surface area contributed by atoms with E-state index in [9.17, 15) is 9.59 Å². The Balaban J connectivity index is 2.09. The molecular weight excluding hydrogens is 240 g/mol. The third kappa shape index (κ3) is 2.78. The van der Waals surface area contributed by atoms with Crippen LogP contribution < -0.4 is 9.80 Å². The molecule has 0 N–H and O–H groups in total. The van der Waals surface area contributed by atoms with Crippen LogP contribution in [0.15, 0.2) is 24.3 Å². The molecule has 1 aliphatic rings. The van der Waals surface area contributed by atoms with Gasteiger partial charge in [-0.3, -0.25) is 9.59 Å². The van der Waals surface area contributed by atoms with E-state index >= 15 is 0 Å². The number of hydrogen-bond acceptors (Lipinski definition) is 2. The van der Waals surface area contributed by atoms with E-state index in [-0.39, 0.29) is 17.7 Å². The minimum atomic E-state index is -0.00773. The highest BCUT2D eigenvalue weighted by Gasteiger charge is 2.28. The third-order valence-corrected chi connectivity index (χ3v) is 3.88. The first-order valence-corrected chi connectivity index (χ1v) is 6.62. The normalized spacial score (nSPS) is 14.7. The Morgan fingerprint density at radius 1 is 1.00 bits per heavy atom. The van der Waals surface area contributed by atoms with Crippen molar-refractivity contribution in [3.8, 4) is 0 Å². The van der Waals surface area contributed by atoms with Gasteiger partial charge in [0.25, 0.3) is 0 Å². The fourth-order valence-corrected chi connectivity index (χ4v) is 2.14. The average molecular weight is 260 g/mol. The van der Waals surface area contributed by atoms with Crippen molar-refractivity contribution >= 4 is 23.2 Å². The van der Waals surface area contributed by atoms with E-state index in [4.69, 9.17) is 0 Å². The van der Waals surface area contributed by atoms with Crippen molar-refractivity contribution in [3.05, 3.63) is 24.3 Å². The van der Waals surface area contributed by atoms with Crippen LogP contribution in [-0.4, -0.2) is 25.9 Å². The van der Waals surface area contributed by atoms with Crippen LogP contribution in [0.25, 0.3) is 0 Å². The SMILES string of the molecule is CC(=O)N(C)c1ccc(N(C)C(=O)C2CCC2)cc1. The van der Waals surface area contributed by atoms with E-state index in [1.54, 1.807) is 16.8 Å². The van der Waals surface area contributed by atoms with Gasteiger partial charge in [-0.25, -0.2) is 0 Å². The van der Waals surface area contributed by atoms with Crippen LogP contribution in [0.4, 0.5) is 11.4 Å². The largest absolute Gasteiger partial charge is 0.316 e. The van der Waals surface area contributed by atoms with Crippen molar-refractivity contribution in [3.63, 3.8) is 0 Å². The summed E-state index contributed by atoms with van der Waals surface area (Å²) in [6.45, 7) is 1.53. The van der Waals surface area contributed by atoms with Gasteiger partial charge in [0.1, 0.15) is 0 Å². The molecular formula is C15H20N2O2. The highest BCUT2D eigenvalue weighted by Crippen LogP contribution is 2.30. The fourth-order valence-electron chi connectivity index (χ4n) is 2.14. The zero-order valence-corrected chi connectivity index (χ0v) is 11.7. The van der Waals surface area contributed by atoms with Crippen molar-refractivity contribution < 1.29 is 9.59 Å². The maximum atomic E-state index is 12.1. The number of hydrogen-bond donors (Lipinski definition) is 0. The molecule has 19 heavy (non-hydrogen) atoms. The van der Waals surface area contributed by atoms with Crippen LogP contribution in [0.3, 0.4) is 0 Å². The lowest BCUT2D eigenvalue weighted by atomic mass is 9.84. The van der Waals surface area contributed by atoms with Crippen LogP contribution >= 0.6 is 0 Å². The minimum Gasteiger partial charge on any atom is -0.316 e. The minimum absolute atomic E-state index is 0.00773. The van der Waals surface area contributed by atoms with E-state index in [0.717, 1.165) is 30.6 Å². The first kappa shape index (κ1) is 13.6. The van der Waals surface area contributed by atoms with E-state index in [0.29, 0.717) is 0 Å². The van der Waals surface area contributed by atoms with Crippen molar-refractivity contribution in [2.75, 3.05) is 23.9 Å². The maximum absolute atomic E-state index is 12.1. The Bertz CT molecular complexity index is 477. The van der Waals surface area contributed by atoms with Gasteiger partial charge < -0.3 is 9.80 Å². The number of anilines is 2. The fraction of sp³-hybridized carbons (Fsp3) is 0.467. The average Bonchev–Trinajstić information content (AvgIpc) is 2.35. The second-order valence-electron chi connectivity index (χ2n) is 5.12. The Kier molecular flexibility index (Phi) is 3.88. The lowest BCUT2D eigenvalue weighted by Crippen LogP contribution is -2.36. The van der Waals surface area contributed by atoms with E-state index in [1.165, 1.54) is 6.92 Å². The molecule has 0 heterocycles. The summed E-state index contributed by atoms with van der Waals surface area (Å²) in [5, 5.41) is 0. The molecule has 1 fully saturated rings. The van der Waals surface area contributed by atoms with Crippen molar-refractivity contribution in [1.82, 2.24) is 0 Å². The summed E-state index contributed by atoms with van der Waals surface area (Å²) in [6, 6.07) is 7.49. The lowest BCUT2D eigenvalue weighted by molar-refractivity contribution is -0.124. The van der Waals surface area contributed by atoms with Gasteiger partial charge in [-0.2, -0.15) is 0 Å². The van der Waals surface area contributed by atoms with Crippen LogP contribution in [-0.2, 0) is 9.59 Å². The first-order chi connectivity index (χ1) is 9.00. The number of amides is 2. The number of carbonyl (C=O) groups excluding carboxylic acids is 2. The molecule has 4 heteroatoms. The van der Waals surface area contributed by atoms with Gasteiger partial charge in [-0.15, -0.1) is 0 Å². The molecule has 2 amide bonds. The van der Waals surface area contributed by atoms with Gasteiger partial charge in [0.05, 0.1) is 0 Å². The molecule has 1 aromatic carbocycles. The van der Waals surface area contributed by atoms with Crippen LogP contribution in [0.5, 0.6) is 0 Å². The summed E-state index contributed by atoms with van der Waals surface area (Å²) in [7, 11) is 3.55. The molecule has 4 nitrogen and oxygen atoms in total. The molecule has 0 aliphatic heterocycles. The predicted octanol–water partition coefficient (Wildman–Crippen LogP) is 2.43. The molecule has 1 aliphatic carbocycles. The molecule has 1 aromatic rings. The molecule has 0 atom stereocenters. The van der Waals surface area contributed by atoms with Gasteiger partial charge in [-0.1, -0.05) is 6.42 Å². The smallest absolute Gasteiger partial charge is 0.229 e. The van der Waals surface area contributed by atoms with Gasteiger partial charge in [0.2, 0.25) is 11.8 Å². The van der Waals surface area contributed by atoms with E-state index in [1.807, 2.05) is 31.3 Å². The summed E-state index contributed by atoms with van der Waals surface area (Å²) in [5.41, 5.74) is 1.71. The van der Waals surface area contributed by atoms with Gasteiger partial charge in [0, 0.05) is 38.3 Å². The van der Waals surface area contributed by atoms with Gasteiger partial charge in [0.15, 0.2) is 0 Å². The molecule has 2 rings (SSSR count). The number of carbonyl (C=O) groups is 2. The highest BCUT2D eigenvalue weighted by molar-refractivity contribution is 5.95. The van der Waals surface area contributed by atoms with Crippen LogP contribution in [0.2, 0.25) is 0 Å². The molecule has 0 spiro atoms. The van der Waals surface area contributed by atoms with Crippen LogP contribution in [0.1, 0.15) is 26.2 Å². The topological polar surface area (TPSA) is 40.6 Å². The van der Waals surface area contributed by atoms with Gasteiger partial charge >= 0.3 is 0 Å². The standard InChI is InChI=1S/C15H20N2O2/c1-11(18)16(2)13-7-9-14(10-8-13)17(3)15(19)12-5-4-6-12/h7-10,12H,4-6H2,1-3H3. The number of rotatable bonds is 3. The monoisotopic (exact) mass is 260 g/mol. The van der Waals surface area contributed by atoms with Gasteiger partial charge in [-0.05, 0) is 37.1 Å². The Labute approximate surface area is 114 Å². The molecule has 0 bridgehead atoms. The molecule has 0 radical (unpaired) electrons. The highest BCUT2D eigenvalue weighted by atomic mass is 16.2. The summed E-state index contributed by atoms with van der Waals surface area (Å²) in [4.78, 5) is 26.7. The molecule has 1 saturated carbocycles. The van der Waals surface area contributed by atoms with Crippen LogP contribution in [0, 0.1) is 5.92 Å². The number of benzene rings is 1. The summed E-state index contributed by atoms with van der Waals surface area (Å²) < 4.78 is 0.